The van der Waals surface area contributed by atoms with Crippen LogP contribution in [0.4, 0.5) is 0 Å². The first-order valence-electron chi connectivity index (χ1n) is 20.1. The molecule has 0 unspecified atom stereocenters. The maximum Gasteiger partial charge on any atom is 0.309 e. The van der Waals surface area contributed by atoms with Crippen molar-refractivity contribution >= 4 is 17.8 Å². The number of carbonyl (C=O) groups is 3. The number of hydrogen-bond donors (Lipinski definition) is 2. The number of carbonyl (C=O) groups excluding carboxylic acids is 2. The first-order chi connectivity index (χ1) is 22.7. The highest BCUT2D eigenvalue weighted by Crippen LogP contribution is 2.78. The van der Waals surface area contributed by atoms with Crippen LogP contribution in [0.2, 0.25) is 0 Å². The maximum absolute atomic E-state index is 13.8. The highest BCUT2D eigenvalue weighted by Gasteiger charge is 2.71. The van der Waals surface area contributed by atoms with E-state index < -0.39 is 11.4 Å². The second kappa shape index (κ2) is 12.4. The lowest BCUT2D eigenvalue weighted by molar-refractivity contribution is -0.250. The van der Waals surface area contributed by atoms with Gasteiger partial charge in [0.05, 0.1) is 11.8 Å². The minimum atomic E-state index is -1.14. The molecular formula is C43H69NO5. The quantitative estimate of drug-likeness (QED) is 0.197. The molecule has 6 saturated carbocycles. The molecule has 0 aromatic rings. The number of amides is 1. The lowest BCUT2D eigenvalue weighted by Gasteiger charge is -2.73. The minimum Gasteiger partial charge on any atom is -0.481 e. The van der Waals surface area contributed by atoms with Gasteiger partial charge in [0.15, 0.2) is 0 Å². The number of aliphatic carboxylic acids is 1. The molecule has 6 heteroatoms. The smallest absolute Gasteiger partial charge is 0.309 e. The molecule has 2 N–H and O–H groups in total. The van der Waals surface area contributed by atoms with Gasteiger partial charge in [-0.2, -0.15) is 0 Å². The number of carboxylic acids is 1. The Bertz CT molecular complexity index is 1350. The van der Waals surface area contributed by atoms with E-state index in [0.717, 1.165) is 44.9 Å². The molecule has 0 aromatic carbocycles. The second-order valence-electron chi connectivity index (χ2n) is 20.6. The number of ether oxygens (including phenoxy) is 1. The molecule has 0 aromatic heterocycles. The van der Waals surface area contributed by atoms with Gasteiger partial charge in [0.2, 0.25) is 5.91 Å². The Balaban J connectivity index is 1.23. The normalized spacial score (nSPS) is 45.7. The van der Waals surface area contributed by atoms with Crippen LogP contribution >= 0.6 is 0 Å². The van der Waals surface area contributed by atoms with Gasteiger partial charge in [-0.3, -0.25) is 14.4 Å². The van der Waals surface area contributed by atoms with Gasteiger partial charge in [-0.05, 0) is 161 Å². The Morgan fingerprint density at radius 2 is 1.57 bits per heavy atom. The van der Waals surface area contributed by atoms with Crippen molar-refractivity contribution in [2.24, 2.45) is 68.0 Å². The average Bonchev–Trinajstić information content (AvgIpc) is 3.57. The van der Waals surface area contributed by atoms with Gasteiger partial charge in [0.1, 0.15) is 6.10 Å². The third-order valence-corrected chi connectivity index (χ3v) is 17.2. The highest BCUT2D eigenvalue weighted by molar-refractivity contribution is 5.81. The molecule has 6 nitrogen and oxygen atoms in total. The van der Waals surface area contributed by atoms with E-state index in [0.29, 0.717) is 53.9 Å². The van der Waals surface area contributed by atoms with Gasteiger partial charge in [0, 0.05) is 17.9 Å². The molecule has 0 aliphatic heterocycles. The van der Waals surface area contributed by atoms with Crippen LogP contribution in [0.1, 0.15) is 159 Å². The summed E-state index contributed by atoms with van der Waals surface area (Å²) >= 11 is 0. The SMILES string of the molecule is C=C(C)[C@@H]1CC[C@]2(CC(=O)N[C@H]3CC[C@H](C)C3)CC[C@]3(C)[C@H](CC[C@@H]4[C@@]5(C)CC[C@H](OC(=O)CC(C)(C)C(=O)O)C(C)(C)[C@@H]5CC[C@]43C)[C@@H]12. The highest BCUT2D eigenvalue weighted by atomic mass is 16.5. The van der Waals surface area contributed by atoms with Gasteiger partial charge in [-0.25, -0.2) is 0 Å². The molecule has 0 bridgehead atoms. The van der Waals surface area contributed by atoms with Crippen molar-refractivity contribution in [3.05, 3.63) is 12.2 Å². The third kappa shape index (κ3) is 5.84. The lowest BCUT2D eigenvalue weighted by Crippen LogP contribution is -2.67. The van der Waals surface area contributed by atoms with Gasteiger partial charge < -0.3 is 15.2 Å². The van der Waals surface area contributed by atoms with E-state index in [2.05, 4.69) is 60.4 Å². The third-order valence-electron chi connectivity index (χ3n) is 17.2. The monoisotopic (exact) mass is 680 g/mol. The van der Waals surface area contributed by atoms with E-state index in [9.17, 15) is 19.5 Å². The molecule has 6 aliphatic rings. The summed E-state index contributed by atoms with van der Waals surface area (Å²) in [6, 6.07) is 0.356. The molecule has 0 heterocycles. The predicted molar refractivity (Wildman–Crippen MR) is 194 cm³/mol. The van der Waals surface area contributed by atoms with Crippen LogP contribution in [0, 0.1) is 68.0 Å². The number of esters is 1. The van der Waals surface area contributed by atoms with Crippen LogP contribution in [0.25, 0.3) is 0 Å². The van der Waals surface area contributed by atoms with Crippen molar-refractivity contribution in [1.82, 2.24) is 5.32 Å². The van der Waals surface area contributed by atoms with E-state index >= 15 is 0 Å². The summed E-state index contributed by atoms with van der Waals surface area (Å²) in [6.07, 6.45) is 15.3. The zero-order valence-electron chi connectivity index (χ0n) is 32.5. The van der Waals surface area contributed by atoms with Crippen LogP contribution in [0.5, 0.6) is 0 Å². The number of hydrogen-bond acceptors (Lipinski definition) is 4. The molecule has 12 atom stereocenters. The molecule has 0 saturated heterocycles. The molecule has 6 fully saturated rings. The van der Waals surface area contributed by atoms with Gasteiger partial charge >= 0.3 is 11.9 Å². The standard InChI is InChI=1S/C43H69NO5/c1-26(2)29-15-20-43(24-34(45)44-28-12-11-27(3)23-28)22-21-41(9)30(36(29)43)13-14-32-40(8)18-17-33(49-35(46)25-38(4,5)37(47)48)39(6,7)31(40)16-19-42(32,41)10/h27-33,36H,1,11-25H2,2-10H3,(H,44,45)(H,47,48)/t27-,28-,29-,30+,31-,32+,33-,36+,40-,41+,42+,43+/m0/s1. The summed E-state index contributed by atoms with van der Waals surface area (Å²) in [6.45, 7) is 24.8. The van der Waals surface area contributed by atoms with Crippen molar-refractivity contribution in [1.29, 1.82) is 0 Å². The molecule has 0 spiro atoms. The Labute approximate surface area is 297 Å². The van der Waals surface area contributed by atoms with Crippen molar-refractivity contribution in [3.8, 4) is 0 Å². The Morgan fingerprint density at radius 1 is 0.857 bits per heavy atom. The maximum atomic E-state index is 13.8. The average molecular weight is 680 g/mol. The van der Waals surface area contributed by atoms with E-state index in [1.165, 1.54) is 44.1 Å². The summed E-state index contributed by atoms with van der Waals surface area (Å²) in [5.74, 6) is 2.35. The first kappa shape index (κ1) is 36.9. The van der Waals surface area contributed by atoms with Gasteiger partial charge in [-0.1, -0.05) is 53.7 Å². The summed E-state index contributed by atoms with van der Waals surface area (Å²) in [4.78, 5) is 38.6. The van der Waals surface area contributed by atoms with E-state index in [1.807, 2.05) is 0 Å². The fraction of sp³-hybridized carbons (Fsp3) is 0.884. The topological polar surface area (TPSA) is 92.7 Å². The molecule has 1 amide bonds. The molecule has 276 valence electrons. The van der Waals surface area contributed by atoms with Crippen LogP contribution in [-0.2, 0) is 19.1 Å². The van der Waals surface area contributed by atoms with Gasteiger partial charge in [-0.15, -0.1) is 0 Å². The lowest BCUT2D eigenvalue weighted by atomic mass is 9.32. The largest absolute Gasteiger partial charge is 0.481 e. The molecule has 0 radical (unpaired) electrons. The van der Waals surface area contributed by atoms with Crippen LogP contribution < -0.4 is 5.32 Å². The number of carboxylic acid groups (broad SMARTS) is 1. The number of rotatable bonds is 8. The predicted octanol–water partition coefficient (Wildman–Crippen LogP) is 9.75. The van der Waals surface area contributed by atoms with Crippen LogP contribution in [-0.4, -0.2) is 35.1 Å². The number of fused-ring (bicyclic) bond motifs is 7. The first-order valence-corrected chi connectivity index (χ1v) is 20.1. The van der Waals surface area contributed by atoms with Crippen molar-refractivity contribution in [3.63, 3.8) is 0 Å². The number of allylic oxidation sites excluding steroid dienone is 1. The molecule has 6 rings (SSSR count). The van der Waals surface area contributed by atoms with Crippen molar-refractivity contribution < 1.29 is 24.2 Å². The van der Waals surface area contributed by atoms with E-state index in [4.69, 9.17) is 4.74 Å². The second-order valence-corrected chi connectivity index (χ2v) is 20.6. The molecule has 6 aliphatic carbocycles. The summed E-state index contributed by atoms with van der Waals surface area (Å²) in [5, 5.41) is 13.1. The summed E-state index contributed by atoms with van der Waals surface area (Å²) < 4.78 is 6.18. The Morgan fingerprint density at radius 3 is 2.20 bits per heavy atom. The fourth-order valence-electron chi connectivity index (χ4n) is 14.3. The molecular weight excluding hydrogens is 610 g/mol. The summed E-state index contributed by atoms with van der Waals surface area (Å²) in [7, 11) is 0. The zero-order valence-corrected chi connectivity index (χ0v) is 32.5. The minimum absolute atomic E-state index is 0.0888. The zero-order chi connectivity index (χ0) is 35.9. The Kier molecular flexibility index (Phi) is 9.33. The molecule has 49 heavy (non-hydrogen) atoms. The Hall–Kier alpha value is -1.85. The fourth-order valence-corrected chi connectivity index (χ4v) is 14.3. The van der Waals surface area contributed by atoms with Crippen molar-refractivity contribution in [2.45, 2.75) is 171 Å². The van der Waals surface area contributed by atoms with Crippen LogP contribution in [0.3, 0.4) is 0 Å². The van der Waals surface area contributed by atoms with E-state index in [-0.39, 0.29) is 45.6 Å². The van der Waals surface area contributed by atoms with E-state index in [1.54, 1.807) is 13.8 Å². The number of nitrogens with one attached hydrogen (secondary N) is 1. The summed E-state index contributed by atoms with van der Waals surface area (Å²) in [5.41, 5.74) is 0.675. The van der Waals surface area contributed by atoms with Gasteiger partial charge in [0.25, 0.3) is 0 Å². The van der Waals surface area contributed by atoms with Crippen molar-refractivity contribution in [2.75, 3.05) is 0 Å². The van der Waals surface area contributed by atoms with Crippen LogP contribution in [0.15, 0.2) is 12.2 Å².